The van der Waals surface area contributed by atoms with Gasteiger partial charge in [-0.1, -0.05) is 6.07 Å². The molecule has 2 heterocycles. The van der Waals surface area contributed by atoms with Crippen LogP contribution in [0.15, 0.2) is 35.3 Å². The average Bonchev–Trinajstić information content (AvgIpc) is 3.78. The summed E-state index contributed by atoms with van der Waals surface area (Å²) in [6.45, 7) is 3.66. The smallest absolute Gasteiger partial charge is 0.351 e. The highest BCUT2D eigenvalue weighted by Crippen LogP contribution is 2.33. The third-order valence-electron chi connectivity index (χ3n) is 8.22. The highest BCUT2D eigenvalue weighted by atomic mass is 32.2. The first-order valence-corrected chi connectivity index (χ1v) is 16.1. The van der Waals surface area contributed by atoms with E-state index in [1.807, 2.05) is 18.6 Å². The Morgan fingerprint density at radius 2 is 1.72 bits per heavy atom. The molecule has 0 radical (unpaired) electrons. The molecule has 5 rings (SSSR count). The summed E-state index contributed by atoms with van der Waals surface area (Å²) in [6.07, 6.45) is 2.15. The maximum Gasteiger partial charge on any atom is 0.390 e. The SMILES string of the molecule is CC(C)n1c(=O)c(-c2ccc(NS(=O)(=O)CCC(F)(F)F)c(F)c2)cc2cnc(N[C@H]3CC[C@H](N(C)C4CC4)CC3)nc21. The molecule has 0 amide bonds. The molecule has 2 N–H and O–H groups in total. The number of aromatic nitrogens is 3. The average molecular weight is 625 g/mol. The van der Waals surface area contributed by atoms with E-state index in [0.717, 1.165) is 43.9 Å². The van der Waals surface area contributed by atoms with Crippen molar-refractivity contribution in [1.29, 1.82) is 0 Å². The summed E-state index contributed by atoms with van der Waals surface area (Å²) < 4.78 is 79.8. The van der Waals surface area contributed by atoms with Gasteiger partial charge in [-0.25, -0.2) is 17.8 Å². The molecule has 0 bridgehead atoms. The fourth-order valence-electron chi connectivity index (χ4n) is 5.70. The van der Waals surface area contributed by atoms with Crippen molar-refractivity contribution < 1.29 is 26.0 Å². The fourth-order valence-corrected chi connectivity index (χ4v) is 6.80. The summed E-state index contributed by atoms with van der Waals surface area (Å²) in [7, 11) is -2.23. The molecular weight excluding hydrogens is 588 g/mol. The van der Waals surface area contributed by atoms with Crippen molar-refractivity contribution in [2.24, 2.45) is 0 Å². The minimum absolute atomic E-state index is 0.147. The number of fused-ring (bicyclic) bond motifs is 1. The molecule has 234 valence electrons. The molecule has 0 unspecified atom stereocenters. The molecule has 9 nitrogen and oxygen atoms in total. The summed E-state index contributed by atoms with van der Waals surface area (Å²) in [5.41, 5.74) is -0.184. The second kappa shape index (κ2) is 12.0. The lowest BCUT2D eigenvalue weighted by molar-refractivity contribution is -0.129. The Labute approximate surface area is 247 Å². The highest BCUT2D eigenvalue weighted by molar-refractivity contribution is 7.92. The molecule has 2 aromatic heterocycles. The Bertz CT molecular complexity index is 1650. The van der Waals surface area contributed by atoms with E-state index in [1.54, 1.807) is 12.3 Å². The first-order chi connectivity index (χ1) is 20.2. The number of sulfonamides is 1. The van der Waals surface area contributed by atoms with Crippen LogP contribution < -0.4 is 15.6 Å². The van der Waals surface area contributed by atoms with Crippen LogP contribution >= 0.6 is 0 Å². The molecule has 2 aliphatic carbocycles. The first kappa shape index (κ1) is 31.2. The molecule has 2 saturated carbocycles. The van der Waals surface area contributed by atoms with Gasteiger partial charge in [-0.15, -0.1) is 0 Å². The number of halogens is 4. The number of nitrogens with zero attached hydrogens (tertiary/aromatic N) is 4. The third kappa shape index (κ3) is 7.46. The monoisotopic (exact) mass is 624 g/mol. The van der Waals surface area contributed by atoms with Crippen LogP contribution in [0.3, 0.4) is 0 Å². The van der Waals surface area contributed by atoms with Gasteiger partial charge >= 0.3 is 6.18 Å². The largest absolute Gasteiger partial charge is 0.390 e. The second-order valence-electron chi connectivity index (χ2n) is 11.8. The zero-order valence-electron chi connectivity index (χ0n) is 24.3. The Kier molecular flexibility index (Phi) is 8.72. The van der Waals surface area contributed by atoms with E-state index >= 15 is 0 Å². The number of pyridine rings is 1. The Hall–Kier alpha value is -3.26. The minimum Gasteiger partial charge on any atom is -0.351 e. The van der Waals surface area contributed by atoms with E-state index in [1.165, 1.54) is 23.5 Å². The van der Waals surface area contributed by atoms with E-state index in [4.69, 9.17) is 0 Å². The number of hydrogen-bond acceptors (Lipinski definition) is 7. The van der Waals surface area contributed by atoms with Gasteiger partial charge in [0.05, 0.1) is 17.9 Å². The van der Waals surface area contributed by atoms with Crippen LogP contribution in [0.2, 0.25) is 0 Å². The van der Waals surface area contributed by atoms with Gasteiger partial charge in [0.1, 0.15) is 11.5 Å². The van der Waals surface area contributed by atoms with Crippen molar-refractivity contribution in [1.82, 2.24) is 19.4 Å². The van der Waals surface area contributed by atoms with Gasteiger partial charge in [-0.3, -0.25) is 14.1 Å². The summed E-state index contributed by atoms with van der Waals surface area (Å²) in [4.78, 5) is 25.3. The van der Waals surface area contributed by atoms with Crippen LogP contribution in [0.4, 0.5) is 29.2 Å². The van der Waals surface area contributed by atoms with Gasteiger partial charge in [-0.2, -0.15) is 18.2 Å². The van der Waals surface area contributed by atoms with Gasteiger partial charge in [0.25, 0.3) is 5.56 Å². The van der Waals surface area contributed by atoms with Crippen molar-refractivity contribution in [2.75, 3.05) is 22.8 Å². The predicted molar refractivity (Wildman–Crippen MR) is 158 cm³/mol. The standard InChI is InChI=1S/C29H36F4N6O3S/c1-17(2)39-26-19(16-34-28(36-26)35-20-5-7-21(8-6-20)38(3)22-9-10-22)14-23(27(39)40)18-4-11-25(24(30)15-18)37-43(41,42)13-12-29(31,32)33/h4,11,14-17,20-22,37H,5-10,12-13H2,1-3H3,(H,34,35,36)/t20-,21-. The molecule has 1 aromatic carbocycles. The normalized spacial score (nSPS) is 19.7. The Morgan fingerprint density at radius 3 is 2.30 bits per heavy atom. The topological polar surface area (TPSA) is 109 Å². The lowest BCUT2D eigenvalue weighted by Crippen LogP contribution is -2.39. The number of hydrogen-bond donors (Lipinski definition) is 2. The van der Waals surface area contributed by atoms with Crippen molar-refractivity contribution >= 4 is 32.7 Å². The number of rotatable bonds is 10. The van der Waals surface area contributed by atoms with E-state index in [0.29, 0.717) is 23.0 Å². The van der Waals surface area contributed by atoms with Crippen molar-refractivity contribution in [3.05, 3.63) is 46.6 Å². The van der Waals surface area contributed by atoms with Crippen LogP contribution in [0, 0.1) is 5.82 Å². The summed E-state index contributed by atoms with van der Waals surface area (Å²) in [6, 6.07) is 6.22. The van der Waals surface area contributed by atoms with Gasteiger partial charge in [0.15, 0.2) is 0 Å². The number of benzene rings is 1. The maximum atomic E-state index is 14.9. The summed E-state index contributed by atoms with van der Waals surface area (Å²) in [5, 5.41) is 3.99. The quantitative estimate of drug-likeness (QED) is 0.279. The molecule has 3 aromatic rings. The molecule has 2 aliphatic rings. The van der Waals surface area contributed by atoms with Crippen molar-refractivity contribution in [3.63, 3.8) is 0 Å². The number of anilines is 2. The van der Waals surface area contributed by atoms with Crippen LogP contribution in [-0.2, 0) is 10.0 Å². The van der Waals surface area contributed by atoms with Gasteiger partial charge < -0.3 is 10.2 Å². The Balaban J connectivity index is 1.36. The molecule has 0 spiro atoms. The second-order valence-corrected chi connectivity index (χ2v) is 13.7. The molecule has 14 heteroatoms. The van der Waals surface area contributed by atoms with Crippen LogP contribution in [0.1, 0.15) is 64.8 Å². The van der Waals surface area contributed by atoms with E-state index in [-0.39, 0.29) is 23.2 Å². The molecule has 0 aliphatic heterocycles. The zero-order valence-corrected chi connectivity index (χ0v) is 25.1. The molecule has 0 atom stereocenters. The lowest BCUT2D eigenvalue weighted by Gasteiger charge is -2.35. The van der Waals surface area contributed by atoms with Gasteiger partial charge in [-0.05, 0) is 83.2 Å². The lowest BCUT2D eigenvalue weighted by atomic mass is 9.90. The molecular formula is C29H36F4N6O3S. The number of nitrogens with one attached hydrogen (secondary N) is 2. The number of alkyl halides is 3. The summed E-state index contributed by atoms with van der Waals surface area (Å²) in [5.74, 6) is -1.84. The highest BCUT2D eigenvalue weighted by Gasteiger charge is 2.33. The van der Waals surface area contributed by atoms with E-state index in [9.17, 15) is 30.8 Å². The van der Waals surface area contributed by atoms with Crippen LogP contribution in [0.25, 0.3) is 22.2 Å². The molecule has 43 heavy (non-hydrogen) atoms. The maximum absolute atomic E-state index is 14.9. The first-order valence-electron chi connectivity index (χ1n) is 14.5. The fraction of sp³-hybridized carbons (Fsp3) is 0.552. The van der Waals surface area contributed by atoms with E-state index < -0.39 is 45.4 Å². The summed E-state index contributed by atoms with van der Waals surface area (Å²) >= 11 is 0. The third-order valence-corrected chi connectivity index (χ3v) is 9.49. The minimum atomic E-state index is -4.67. The zero-order chi connectivity index (χ0) is 31.1. The van der Waals surface area contributed by atoms with Gasteiger partial charge in [0, 0.05) is 41.3 Å². The van der Waals surface area contributed by atoms with E-state index in [2.05, 4.69) is 27.2 Å². The van der Waals surface area contributed by atoms with Crippen molar-refractivity contribution in [3.8, 4) is 11.1 Å². The van der Waals surface area contributed by atoms with Crippen LogP contribution in [0.5, 0.6) is 0 Å². The predicted octanol–water partition coefficient (Wildman–Crippen LogP) is 5.69. The van der Waals surface area contributed by atoms with Gasteiger partial charge in [0.2, 0.25) is 16.0 Å². The van der Waals surface area contributed by atoms with Crippen molar-refractivity contribution in [2.45, 2.75) is 89.1 Å². The molecule has 2 fully saturated rings. The Morgan fingerprint density at radius 1 is 1.07 bits per heavy atom. The van der Waals surface area contributed by atoms with Crippen LogP contribution in [-0.4, -0.2) is 65.0 Å². The molecule has 0 saturated heterocycles.